The zero-order valence-electron chi connectivity index (χ0n) is 12.1. The lowest BCUT2D eigenvalue weighted by molar-refractivity contribution is -0.385. The van der Waals surface area contributed by atoms with Crippen molar-refractivity contribution in [3.8, 4) is 0 Å². The van der Waals surface area contributed by atoms with Gasteiger partial charge in [-0.1, -0.05) is 0 Å². The average molecular weight is 294 g/mol. The fourth-order valence-electron chi connectivity index (χ4n) is 2.68. The first-order valence-corrected chi connectivity index (χ1v) is 6.70. The minimum atomic E-state index is -0.703. The van der Waals surface area contributed by atoms with E-state index in [4.69, 9.17) is 4.74 Å². The molecule has 114 valence electrons. The highest BCUT2D eigenvalue weighted by Gasteiger charge is 2.28. The molecule has 1 aromatic carbocycles. The van der Waals surface area contributed by atoms with Crippen molar-refractivity contribution >= 4 is 17.3 Å². The summed E-state index contributed by atoms with van der Waals surface area (Å²) >= 11 is 0. The molecule has 0 aliphatic carbocycles. The van der Waals surface area contributed by atoms with Gasteiger partial charge in [-0.15, -0.1) is 0 Å². The fraction of sp³-hybridized carbons (Fsp3) is 0.500. The van der Waals surface area contributed by atoms with Crippen molar-refractivity contribution in [1.82, 2.24) is 0 Å². The number of esters is 1. The van der Waals surface area contributed by atoms with Gasteiger partial charge < -0.3 is 14.4 Å². The van der Waals surface area contributed by atoms with Crippen LogP contribution in [0.3, 0.4) is 0 Å². The van der Waals surface area contributed by atoms with Crippen LogP contribution in [0.1, 0.15) is 23.2 Å². The Morgan fingerprint density at radius 3 is 2.86 bits per heavy atom. The monoisotopic (exact) mass is 294 g/mol. The van der Waals surface area contributed by atoms with Crippen molar-refractivity contribution in [2.75, 3.05) is 32.3 Å². The first-order valence-electron chi connectivity index (χ1n) is 6.70. The minimum absolute atomic E-state index is 0.0249. The summed E-state index contributed by atoms with van der Waals surface area (Å²) < 4.78 is 9.83. The zero-order chi connectivity index (χ0) is 15.4. The van der Waals surface area contributed by atoms with Gasteiger partial charge in [0, 0.05) is 25.4 Å². The highest BCUT2D eigenvalue weighted by molar-refractivity contribution is 5.95. The third kappa shape index (κ3) is 3.13. The van der Waals surface area contributed by atoms with Crippen molar-refractivity contribution in [2.24, 2.45) is 0 Å². The number of benzene rings is 1. The van der Waals surface area contributed by atoms with Crippen LogP contribution in [0.15, 0.2) is 18.2 Å². The van der Waals surface area contributed by atoms with Crippen molar-refractivity contribution in [1.29, 1.82) is 0 Å². The van der Waals surface area contributed by atoms with Gasteiger partial charge in [-0.05, 0) is 25.0 Å². The molecule has 1 unspecified atom stereocenters. The molecular weight excluding hydrogens is 276 g/mol. The Kier molecular flexibility index (Phi) is 4.74. The molecule has 0 bridgehead atoms. The van der Waals surface area contributed by atoms with E-state index in [2.05, 4.69) is 9.64 Å². The van der Waals surface area contributed by atoms with E-state index in [-0.39, 0.29) is 17.3 Å². The first-order chi connectivity index (χ1) is 10.1. The largest absolute Gasteiger partial charge is 0.465 e. The summed E-state index contributed by atoms with van der Waals surface area (Å²) in [5, 5.41) is 11.0. The molecule has 1 fully saturated rings. The lowest BCUT2D eigenvalue weighted by atomic mass is 10.1. The number of methoxy groups -OCH3 is 2. The number of anilines is 1. The van der Waals surface area contributed by atoms with Crippen LogP contribution in [0.25, 0.3) is 0 Å². The number of nitro benzene ring substituents is 1. The molecule has 21 heavy (non-hydrogen) atoms. The van der Waals surface area contributed by atoms with Gasteiger partial charge in [0.05, 0.1) is 24.7 Å². The molecule has 0 radical (unpaired) electrons. The highest BCUT2D eigenvalue weighted by atomic mass is 16.6. The number of carbonyl (C=O) groups excluding carboxylic acids is 1. The highest BCUT2D eigenvalue weighted by Crippen LogP contribution is 2.30. The lowest BCUT2D eigenvalue weighted by Crippen LogP contribution is -2.32. The summed E-state index contributed by atoms with van der Waals surface area (Å²) in [7, 11) is 2.86. The molecule has 0 aromatic heterocycles. The van der Waals surface area contributed by atoms with Crippen molar-refractivity contribution in [3.05, 3.63) is 33.9 Å². The predicted octanol–water partition coefficient (Wildman–Crippen LogP) is 2.00. The van der Waals surface area contributed by atoms with E-state index in [0.29, 0.717) is 6.61 Å². The topological polar surface area (TPSA) is 81.9 Å². The Morgan fingerprint density at radius 1 is 1.48 bits per heavy atom. The number of hydrogen-bond donors (Lipinski definition) is 0. The number of carbonyl (C=O) groups is 1. The van der Waals surface area contributed by atoms with Crippen molar-refractivity contribution in [3.63, 3.8) is 0 Å². The van der Waals surface area contributed by atoms with Gasteiger partial charge in [0.1, 0.15) is 5.56 Å². The van der Waals surface area contributed by atoms with Crippen LogP contribution in [0.2, 0.25) is 0 Å². The number of nitrogens with zero attached hydrogens (tertiary/aromatic N) is 2. The average Bonchev–Trinajstić information content (AvgIpc) is 2.94. The van der Waals surface area contributed by atoms with Crippen LogP contribution in [0.5, 0.6) is 0 Å². The molecular formula is C14H18N2O5. The van der Waals surface area contributed by atoms with E-state index >= 15 is 0 Å². The second-order valence-corrected chi connectivity index (χ2v) is 4.89. The molecule has 2 rings (SSSR count). The number of hydrogen-bond acceptors (Lipinski definition) is 6. The van der Waals surface area contributed by atoms with Gasteiger partial charge in [0.2, 0.25) is 0 Å². The molecule has 0 spiro atoms. The Hall–Kier alpha value is -2.15. The van der Waals surface area contributed by atoms with Gasteiger partial charge in [-0.3, -0.25) is 10.1 Å². The molecule has 1 aromatic rings. The normalized spacial score (nSPS) is 17.8. The van der Waals surface area contributed by atoms with Gasteiger partial charge >= 0.3 is 5.97 Å². The molecule has 0 amide bonds. The van der Waals surface area contributed by atoms with E-state index in [0.717, 1.165) is 25.1 Å². The Morgan fingerprint density at radius 2 is 2.24 bits per heavy atom. The summed E-state index contributed by atoms with van der Waals surface area (Å²) in [5.41, 5.74) is 0.511. The van der Waals surface area contributed by atoms with Crippen LogP contribution >= 0.6 is 0 Å². The molecule has 1 aliphatic heterocycles. The van der Waals surface area contributed by atoms with Gasteiger partial charge in [-0.2, -0.15) is 0 Å². The molecule has 1 saturated heterocycles. The SMILES string of the molecule is COCC1CCCN1c1ccc([N+](=O)[O-])c(C(=O)OC)c1. The van der Waals surface area contributed by atoms with Crippen molar-refractivity contribution in [2.45, 2.75) is 18.9 Å². The van der Waals surface area contributed by atoms with Crippen LogP contribution in [0, 0.1) is 10.1 Å². The van der Waals surface area contributed by atoms with Crippen LogP contribution < -0.4 is 4.90 Å². The fourth-order valence-corrected chi connectivity index (χ4v) is 2.68. The predicted molar refractivity (Wildman–Crippen MR) is 76.7 cm³/mol. The second kappa shape index (κ2) is 6.53. The minimum Gasteiger partial charge on any atom is -0.465 e. The van der Waals surface area contributed by atoms with Gasteiger partial charge in [-0.25, -0.2) is 4.79 Å². The van der Waals surface area contributed by atoms with E-state index in [1.165, 1.54) is 19.2 Å². The lowest BCUT2D eigenvalue weighted by Gasteiger charge is -2.26. The van der Waals surface area contributed by atoms with Gasteiger partial charge in [0.25, 0.3) is 5.69 Å². The van der Waals surface area contributed by atoms with E-state index in [1.54, 1.807) is 13.2 Å². The molecule has 7 heteroatoms. The maximum absolute atomic E-state index is 11.7. The third-order valence-corrected chi connectivity index (χ3v) is 3.65. The Labute approximate surface area is 122 Å². The summed E-state index contributed by atoms with van der Waals surface area (Å²) in [6.45, 7) is 1.43. The summed E-state index contributed by atoms with van der Waals surface area (Å²) in [6, 6.07) is 4.77. The zero-order valence-corrected chi connectivity index (χ0v) is 12.1. The van der Waals surface area contributed by atoms with Crippen LogP contribution in [-0.4, -0.2) is 44.3 Å². The van der Waals surface area contributed by atoms with Crippen molar-refractivity contribution < 1.29 is 19.2 Å². The van der Waals surface area contributed by atoms with Crippen LogP contribution in [-0.2, 0) is 9.47 Å². The maximum atomic E-state index is 11.7. The number of ether oxygens (including phenoxy) is 2. The van der Waals surface area contributed by atoms with E-state index < -0.39 is 10.9 Å². The molecule has 1 aliphatic rings. The molecule has 1 atom stereocenters. The molecule has 7 nitrogen and oxygen atoms in total. The summed E-state index contributed by atoms with van der Waals surface area (Å²) in [6.07, 6.45) is 2.02. The Bertz CT molecular complexity index is 546. The van der Waals surface area contributed by atoms with Gasteiger partial charge in [0.15, 0.2) is 0 Å². The summed E-state index contributed by atoms with van der Waals surface area (Å²) in [5.74, 6) is -0.703. The quantitative estimate of drug-likeness (QED) is 0.469. The Balaban J connectivity index is 2.37. The first kappa shape index (κ1) is 15.2. The molecule has 0 saturated carbocycles. The van der Waals surface area contributed by atoms with E-state index in [1.807, 2.05) is 0 Å². The standard InChI is InChI=1S/C14H18N2O5/c1-20-9-11-4-3-7-15(11)10-5-6-13(16(18)19)12(8-10)14(17)21-2/h5-6,8,11H,3-4,7,9H2,1-2H3. The van der Waals surface area contributed by atoms with Crippen LogP contribution in [0.4, 0.5) is 11.4 Å². The molecule has 1 heterocycles. The molecule has 0 N–H and O–H groups in total. The van der Waals surface area contributed by atoms with E-state index in [9.17, 15) is 14.9 Å². The third-order valence-electron chi connectivity index (χ3n) is 3.65. The maximum Gasteiger partial charge on any atom is 0.344 e. The summed E-state index contributed by atoms with van der Waals surface area (Å²) in [4.78, 5) is 24.3. The smallest absolute Gasteiger partial charge is 0.344 e. The second-order valence-electron chi connectivity index (χ2n) is 4.89. The number of nitro groups is 1. The number of rotatable bonds is 5.